The molecule has 200 valence electrons. The van der Waals surface area contributed by atoms with Gasteiger partial charge in [0, 0.05) is 38.0 Å². The molecule has 2 heterocycles. The van der Waals surface area contributed by atoms with Crippen LogP contribution in [0, 0.1) is 0 Å². The van der Waals surface area contributed by atoms with E-state index in [0.29, 0.717) is 30.4 Å². The van der Waals surface area contributed by atoms with Crippen molar-refractivity contribution in [3.05, 3.63) is 71.4 Å². The van der Waals surface area contributed by atoms with Crippen LogP contribution in [0.1, 0.15) is 32.7 Å². The summed E-state index contributed by atoms with van der Waals surface area (Å²) in [5.41, 5.74) is -0.270. The normalized spacial score (nSPS) is 15.2. The van der Waals surface area contributed by atoms with Gasteiger partial charge in [-0.2, -0.15) is 13.2 Å². The predicted octanol–water partition coefficient (Wildman–Crippen LogP) is 4.16. The number of pyridine rings is 1. The molecule has 1 aromatic heterocycles. The average molecular weight is 530 g/mol. The Hall–Kier alpha value is -4.32. The number of aliphatic hydroxyl groups excluding tert-OH is 1. The Morgan fingerprint density at radius 3 is 2.50 bits per heavy atom. The van der Waals surface area contributed by atoms with Gasteiger partial charge >= 0.3 is 6.18 Å². The molecule has 0 aliphatic carbocycles. The number of carbonyl (C=O) groups excluding carboxylic acids is 2. The van der Waals surface area contributed by atoms with Crippen molar-refractivity contribution in [2.75, 3.05) is 37.9 Å². The molecule has 4 rings (SSSR count). The molecule has 3 aromatic rings. The van der Waals surface area contributed by atoms with Gasteiger partial charge in [-0.15, -0.1) is 0 Å². The number of β-amino-alcohol motifs (C(OH)–C–C–N with tert-alkyl or cyclic N) is 1. The van der Waals surface area contributed by atoms with Crippen LogP contribution >= 0.6 is 0 Å². The molecule has 2 amide bonds. The van der Waals surface area contributed by atoms with Gasteiger partial charge in [0.1, 0.15) is 11.6 Å². The lowest BCUT2D eigenvalue weighted by atomic mass is 10.1. The summed E-state index contributed by atoms with van der Waals surface area (Å²) < 4.78 is 46.7. The van der Waals surface area contributed by atoms with Gasteiger partial charge in [-0.25, -0.2) is 4.98 Å². The van der Waals surface area contributed by atoms with E-state index in [1.165, 1.54) is 38.4 Å². The lowest BCUT2D eigenvalue weighted by Crippen LogP contribution is -2.29. The van der Waals surface area contributed by atoms with Crippen LogP contribution in [-0.2, 0) is 6.18 Å². The van der Waals surface area contributed by atoms with Crippen LogP contribution in [0.25, 0.3) is 0 Å². The standard InChI is InChI=1S/C26H26F3N5O4/c1-30-24(36)17-5-3-4-6-19(17)32-21-12-23(31-13-18(21)26(27,28)29)33-20-8-7-15(11-22(20)38-2)25(37)34-10-9-16(35)14-34/h3-8,11-13,16,35H,9-10,14H2,1-2H3,(H,30,36)(H2,31,32,33)/t16-/m0/s1. The van der Waals surface area contributed by atoms with Gasteiger partial charge in [0.05, 0.1) is 41.4 Å². The maximum Gasteiger partial charge on any atom is 0.419 e. The molecule has 12 heteroatoms. The quantitative estimate of drug-likeness (QED) is 0.363. The molecular formula is C26H26F3N5O4. The average Bonchev–Trinajstić information content (AvgIpc) is 3.34. The van der Waals surface area contributed by atoms with Gasteiger partial charge in [0.25, 0.3) is 11.8 Å². The lowest BCUT2D eigenvalue weighted by Gasteiger charge is -2.19. The summed E-state index contributed by atoms with van der Waals surface area (Å²) in [6.07, 6.45) is -4.07. The fraction of sp³-hybridized carbons (Fsp3) is 0.269. The Kier molecular flexibility index (Phi) is 7.72. The number of carbonyl (C=O) groups is 2. The van der Waals surface area contributed by atoms with Crippen LogP contribution in [0.2, 0.25) is 0 Å². The molecule has 4 N–H and O–H groups in total. The molecule has 1 aliphatic heterocycles. The zero-order chi connectivity index (χ0) is 27.4. The second kappa shape index (κ2) is 11.0. The molecule has 0 bridgehead atoms. The molecule has 0 spiro atoms. The van der Waals surface area contributed by atoms with Crippen LogP contribution in [0.15, 0.2) is 54.7 Å². The Balaban J connectivity index is 1.64. The Morgan fingerprint density at radius 2 is 1.84 bits per heavy atom. The van der Waals surface area contributed by atoms with Crippen molar-refractivity contribution in [3.8, 4) is 5.75 Å². The second-order valence-electron chi connectivity index (χ2n) is 8.60. The number of amides is 2. The molecule has 0 saturated carbocycles. The minimum absolute atomic E-state index is 0.0676. The molecule has 9 nitrogen and oxygen atoms in total. The van der Waals surface area contributed by atoms with E-state index in [1.807, 2.05) is 0 Å². The number of alkyl halides is 3. The van der Waals surface area contributed by atoms with E-state index in [2.05, 4.69) is 20.9 Å². The van der Waals surface area contributed by atoms with Gasteiger partial charge in [-0.3, -0.25) is 9.59 Å². The molecular weight excluding hydrogens is 503 g/mol. The first-order valence-electron chi connectivity index (χ1n) is 11.7. The van der Waals surface area contributed by atoms with Crippen LogP contribution in [0.3, 0.4) is 0 Å². The molecule has 1 atom stereocenters. The Morgan fingerprint density at radius 1 is 1.08 bits per heavy atom. The summed E-state index contributed by atoms with van der Waals surface area (Å²) in [6.45, 7) is 0.687. The van der Waals surface area contributed by atoms with Gasteiger partial charge in [-0.05, 0) is 36.8 Å². The minimum atomic E-state index is -4.71. The second-order valence-corrected chi connectivity index (χ2v) is 8.60. The van der Waals surface area contributed by atoms with Crippen molar-refractivity contribution in [3.63, 3.8) is 0 Å². The zero-order valence-corrected chi connectivity index (χ0v) is 20.6. The number of aromatic nitrogens is 1. The molecule has 1 aliphatic rings. The third kappa shape index (κ3) is 5.80. The number of nitrogens with one attached hydrogen (secondary N) is 3. The lowest BCUT2D eigenvalue weighted by molar-refractivity contribution is -0.137. The van der Waals surface area contributed by atoms with E-state index >= 15 is 0 Å². The number of para-hydroxylation sites is 1. The van der Waals surface area contributed by atoms with E-state index < -0.39 is 23.8 Å². The largest absolute Gasteiger partial charge is 0.495 e. The summed E-state index contributed by atoms with van der Waals surface area (Å²) >= 11 is 0. The van der Waals surface area contributed by atoms with Crippen molar-refractivity contribution in [1.29, 1.82) is 0 Å². The highest BCUT2D eigenvalue weighted by atomic mass is 19.4. The van der Waals surface area contributed by atoms with Crippen LogP contribution in [-0.4, -0.2) is 60.2 Å². The van der Waals surface area contributed by atoms with Crippen molar-refractivity contribution < 1.29 is 32.6 Å². The van der Waals surface area contributed by atoms with E-state index in [0.717, 1.165) is 0 Å². The fourth-order valence-corrected chi connectivity index (χ4v) is 4.10. The van der Waals surface area contributed by atoms with Crippen molar-refractivity contribution >= 4 is 34.7 Å². The Bertz CT molecular complexity index is 1350. The van der Waals surface area contributed by atoms with E-state index in [1.54, 1.807) is 29.2 Å². The number of methoxy groups -OCH3 is 1. The first-order valence-corrected chi connectivity index (χ1v) is 11.7. The number of ether oxygens (including phenoxy) is 1. The number of hydrogen-bond donors (Lipinski definition) is 4. The van der Waals surface area contributed by atoms with Gasteiger partial charge < -0.3 is 30.7 Å². The van der Waals surface area contributed by atoms with Crippen LogP contribution < -0.4 is 20.7 Å². The molecule has 0 radical (unpaired) electrons. The molecule has 1 saturated heterocycles. The fourth-order valence-electron chi connectivity index (χ4n) is 4.10. The van der Waals surface area contributed by atoms with Crippen molar-refractivity contribution in [2.45, 2.75) is 18.7 Å². The van der Waals surface area contributed by atoms with Gasteiger partial charge in [0.15, 0.2) is 0 Å². The van der Waals surface area contributed by atoms with Gasteiger partial charge in [0.2, 0.25) is 0 Å². The SMILES string of the molecule is CNC(=O)c1ccccc1Nc1cc(Nc2ccc(C(=O)N3CC[C@H](O)C3)cc2OC)ncc1C(F)(F)F. The van der Waals surface area contributed by atoms with Crippen molar-refractivity contribution in [1.82, 2.24) is 15.2 Å². The molecule has 0 unspecified atom stereocenters. The van der Waals surface area contributed by atoms with E-state index in [4.69, 9.17) is 4.74 Å². The predicted molar refractivity (Wildman–Crippen MR) is 135 cm³/mol. The molecule has 38 heavy (non-hydrogen) atoms. The van der Waals surface area contributed by atoms with E-state index in [9.17, 15) is 27.9 Å². The number of aliphatic hydroxyl groups is 1. The first-order chi connectivity index (χ1) is 18.1. The maximum absolute atomic E-state index is 13.8. The number of halogens is 3. The summed E-state index contributed by atoms with van der Waals surface area (Å²) in [4.78, 5) is 30.4. The highest BCUT2D eigenvalue weighted by Crippen LogP contribution is 2.38. The number of hydrogen-bond acceptors (Lipinski definition) is 7. The highest BCUT2D eigenvalue weighted by Gasteiger charge is 2.35. The van der Waals surface area contributed by atoms with Gasteiger partial charge in [-0.1, -0.05) is 12.1 Å². The smallest absolute Gasteiger partial charge is 0.419 e. The van der Waals surface area contributed by atoms with Crippen LogP contribution in [0.5, 0.6) is 5.75 Å². The van der Waals surface area contributed by atoms with Crippen LogP contribution in [0.4, 0.5) is 36.1 Å². The molecule has 1 fully saturated rings. The number of anilines is 4. The molecule has 2 aromatic carbocycles. The van der Waals surface area contributed by atoms with E-state index in [-0.39, 0.29) is 41.0 Å². The number of benzene rings is 2. The summed E-state index contributed by atoms with van der Waals surface area (Å²) in [6, 6.07) is 12.0. The highest BCUT2D eigenvalue weighted by molar-refractivity contribution is 6.00. The number of rotatable bonds is 7. The summed E-state index contributed by atoms with van der Waals surface area (Å²) in [5, 5.41) is 17.8. The maximum atomic E-state index is 13.8. The summed E-state index contributed by atoms with van der Waals surface area (Å²) in [5.74, 6) is -0.382. The third-order valence-corrected chi connectivity index (χ3v) is 6.04. The minimum Gasteiger partial charge on any atom is -0.495 e. The summed E-state index contributed by atoms with van der Waals surface area (Å²) in [7, 11) is 2.83. The zero-order valence-electron chi connectivity index (χ0n) is 20.6. The topological polar surface area (TPSA) is 116 Å². The Labute approximate surface area is 216 Å². The number of likely N-dealkylation sites (tertiary alicyclic amines) is 1. The monoisotopic (exact) mass is 529 g/mol. The van der Waals surface area contributed by atoms with Crippen molar-refractivity contribution in [2.24, 2.45) is 0 Å². The third-order valence-electron chi connectivity index (χ3n) is 6.04. The number of nitrogens with zero attached hydrogens (tertiary/aromatic N) is 2. The first kappa shape index (κ1) is 26.7.